The minimum Gasteiger partial charge on any atom is -0.393 e. The number of hydrogen-bond donors (Lipinski definition) is 1. The predicted molar refractivity (Wildman–Crippen MR) is 75.4 cm³/mol. The molecule has 0 fully saturated rings. The molecule has 1 unspecified atom stereocenters. The lowest BCUT2D eigenvalue weighted by molar-refractivity contribution is 0.196. The SMILES string of the molecule is CC(O)Cc1cn(C(C)C)c2c(Br)cccc12. The molecule has 0 radical (unpaired) electrons. The van der Waals surface area contributed by atoms with Gasteiger partial charge in [0.15, 0.2) is 0 Å². The Labute approximate surface area is 110 Å². The third-order valence-electron chi connectivity index (χ3n) is 2.96. The van der Waals surface area contributed by atoms with Gasteiger partial charge in [0.25, 0.3) is 0 Å². The second kappa shape index (κ2) is 4.83. The lowest BCUT2D eigenvalue weighted by atomic mass is 10.1. The number of rotatable bonds is 3. The standard InChI is InChI=1S/C14H18BrNO/c1-9(2)16-8-11(7-10(3)17)12-5-4-6-13(15)14(12)16/h4-6,8-10,17H,7H2,1-3H3. The van der Waals surface area contributed by atoms with Crippen LogP contribution < -0.4 is 0 Å². The summed E-state index contributed by atoms with van der Waals surface area (Å²) in [5, 5.41) is 10.8. The van der Waals surface area contributed by atoms with E-state index < -0.39 is 0 Å². The first-order chi connectivity index (χ1) is 8.00. The number of benzene rings is 1. The Hall–Kier alpha value is -0.800. The smallest absolute Gasteiger partial charge is 0.0629 e. The molecular formula is C14H18BrNO. The second-order valence-corrected chi connectivity index (χ2v) is 5.70. The first-order valence-corrected chi connectivity index (χ1v) is 6.76. The summed E-state index contributed by atoms with van der Waals surface area (Å²) in [6.45, 7) is 6.17. The quantitative estimate of drug-likeness (QED) is 0.912. The van der Waals surface area contributed by atoms with E-state index in [1.807, 2.05) is 13.0 Å². The highest BCUT2D eigenvalue weighted by Crippen LogP contribution is 2.31. The molecule has 0 saturated heterocycles. The Bertz CT molecular complexity index is 528. The minimum atomic E-state index is -0.305. The maximum atomic E-state index is 9.56. The van der Waals surface area contributed by atoms with Crippen LogP contribution >= 0.6 is 15.9 Å². The summed E-state index contributed by atoms with van der Waals surface area (Å²) in [5.74, 6) is 0. The van der Waals surface area contributed by atoms with Crippen molar-refractivity contribution in [2.75, 3.05) is 0 Å². The Morgan fingerprint density at radius 1 is 1.29 bits per heavy atom. The first kappa shape index (κ1) is 12.7. The van der Waals surface area contributed by atoms with Crippen LogP contribution in [0.5, 0.6) is 0 Å². The van der Waals surface area contributed by atoms with Gasteiger partial charge in [0.1, 0.15) is 0 Å². The van der Waals surface area contributed by atoms with Crippen LogP contribution in [0.25, 0.3) is 10.9 Å². The summed E-state index contributed by atoms with van der Waals surface area (Å²) in [4.78, 5) is 0. The molecule has 2 aromatic rings. The summed E-state index contributed by atoms with van der Waals surface area (Å²) >= 11 is 3.61. The van der Waals surface area contributed by atoms with Crippen LogP contribution in [0.15, 0.2) is 28.9 Å². The molecule has 1 atom stereocenters. The van der Waals surface area contributed by atoms with Crippen LogP contribution in [0.2, 0.25) is 0 Å². The summed E-state index contributed by atoms with van der Waals surface area (Å²) in [7, 11) is 0. The average molecular weight is 296 g/mol. The van der Waals surface area contributed by atoms with Gasteiger partial charge < -0.3 is 9.67 Å². The zero-order valence-electron chi connectivity index (χ0n) is 10.4. The van der Waals surface area contributed by atoms with Crippen LogP contribution in [-0.4, -0.2) is 15.8 Å². The van der Waals surface area contributed by atoms with Gasteiger partial charge in [-0.2, -0.15) is 0 Å². The molecule has 0 aliphatic rings. The molecule has 1 aromatic heterocycles. The van der Waals surface area contributed by atoms with Crippen LogP contribution in [0.1, 0.15) is 32.4 Å². The van der Waals surface area contributed by atoms with Gasteiger partial charge in [-0.15, -0.1) is 0 Å². The molecule has 3 heteroatoms. The highest BCUT2D eigenvalue weighted by molar-refractivity contribution is 9.10. The summed E-state index contributed by atoms with van der Waals surface area (Å²) in [5.41, 5.74) is 2.43. The largest absolute Gasteiger partial charge is 0.393 e. The van der Waals surface area contributed by atoms with Gasteiger partial charge in [-0.05, 0) is 48.3 Å². The monoisotopic (exact) mass is 295 g/mol. The van der Waals surface area contributed by atoms with Crippen molar-refractivity contribution < 1.29 is 5.11 Å². The molecule has 2 nitrogen and oxygen atoms in total. The number of nitrogens with zero attached hydrogens (tertiary/aromatic N) is 1. The van der Waals surface area contributed by atoms with Crippen LogP contribution in [0, 0.1) is 0 Å². The molecule has 1 N–H and O–H groups in total. The molecule has 1 heterocycles. The zero-order valence-corrected chi connectivity index (χ0v) is 12.0. The number of aromatic nitrogens is 1. The maximum absolute atomic E-state index is 9.56. The number of aliphatic hydroxyl groups excluding tert-OH is 1. The Morgan fingerprint density at radius 3 is 2.59 bits per heavy atom. The first-order valence-electron chi connectivity index (χ1n) is 5.96. The van der Waals surface area contributed by atoms with Crippen molar-refractivity contribution in [2.45, 2.75) is 39.3 Å². The normalized spacial score (nSPS) is 13.5. The number of aliphatic hydroxyl groups is 1. The van der Waals surface area contributed by atoms with Crippen molar-refractivity contribution in [3.63, 3.8) is 0 Å². The van der Waals surface area contributed by atoms with Crippen molar-refractivity contribution in [3.8, 4) is 0 Å². The van der Waals surface area contributed by atoms with E-state index in [1.54, 1.807) is 0 Å². The lowest BCUT2D eigenvalue weighted by Crippen LogP contribution is -2.03. The highest BCUT2D eigenvalue weighted by atomic mass is 79.9. The van der Waals surface area contributed by atoms with Crippen LogP contribution in [0.4, 0.5) is 0 Å². The van der Waals surface area contributed by atoms with Crippen LogP contribution in [0.3, 0.4) is 0 Å². The third kappa shape index (κ3) is 2.40. The van der Waals surface area contributed by atoms with E-state index in [1.165, 1.54) is 16.5 Å². The number of halogens is 1. The number of fused-ring (bicyclic) bond motifs is 1. The molecule has 2 rings (SSSR count). The molecule has 0 aliphatic heterocycles. The van der Waals surface area contributed by atoms with Crippen molar-refractivity contribution >= 4 is 26.8 Å². The summed E-state index contributed by atoms with van der Waals surface area (Å²) in [6, 6.07) is 6.64. The fourth-order valence-corrected chi connectivity index (χ4v) is 2.80. The third-order valence-corrected chi connectivity index (χ3v) is 3.60. The lowest BCUT2D eigenvalue weighted by Gasteiger charge is -2.10. The molecule has 0 saturated carbocycles. The minimum absolute atomic E-state index is 0.305. The van der Waals surface area contributed by atoms with Gasteiger partial charge in [0, 0.05) is 28.5 Å². The predicted octanol–water partition coefficient (Wildman–Crippen LogP) is 3.91. The van der Waals surface area contributed by atoms with E-state index in [0.29, 0.717) is 12.5 Å². The van der Waals surface area contributed by atoms with Crippen molar-refractivity contribution in [1.29, 1.82) is 0 Å². The van der Waals surface area contributed by atoms with Gasteiger partial charge in [0.2, 0.25) is 0 Å². The van der Waals surface area contributed by atoms with Crippen molar-refractivity contribution in [3.05, 3.63) is 34.4 Å². The molecular weight excluding hydrogens is 278 g/mol. The van der Waals surface area contributed by atoms with E-state index >= 15 is 0 Å². The van der Waals surface area contributed by atoms with Gasteiger partial charge in [-0.3, -0.25) is 0 Å². The fraction of sp³-hybridized carbons (Fsp3) is 0.429. The zero-order chi connectivity index (χ0) is 12.6. The molecule has 0 spiro atoms. The molecule has 92 valence electrons. The topological polar surface area (TPSA) is 25.2 Å². The van der Waals surface area contributed by atoms with Gasteiger partial charge in [0.05, 0.1) is 11.6 Å². The molecule has 0 bridgehead atoms. The summed E-state index contributed by atoms with van der Waals surface area (Å²) in [6.07, 6.45) is 2.56. The van der Waals surface area contributed by atoms with Gasteiger partial charge in [-0.1, -0.05) is 12.1 Å². The fourth-order valence-electron chi connectivity index (χ4n) is 2.23. The van der Waals surface area contributed by atoms with Crippen LogP contribution in [-0.2, 0) is 6.42 Å². The van der Waals surface area contributed by atoms with E-state index in [0.717, 1.165) is 4.47 Å². The Balaban J connectivity index is 2.66. The number of para-hydroxylation sites is 1. The van der Waals surface area contributed by atoms with E-state index in [2.05, 4.69) is 52.7 Å². The van der Waals surface area contributed by atoms with Gasteiger partial charge in [-0.25, -0.2) is 0 Å². The molecule has 0 aliphatic carbocycles. The van der Waals surface area contributed by atoms with Crippen molar-refractivity contribution in [1.82, 2.24) is 4.57 Å². The molecule has 17 heavy (non-hydrogen) atoms. The second-order valence-electron chi connectivity index (χ2n) is 4.84. The van der Waals surface area contributed by atoms with Gasteiger partial charge >= 0.3 is 0 Å². The van der Waals surface area contributed by atoms with Crippen molar-refractivity contribution in [2.24, 2.45) is 0 Å². The Morgan fingerprint density at radius 2 is 2.00 bits per heavy atom. The number of hydrogen-bond acceptors (Lipinski definition) is 1. The maximum Gasteiger partial charge on any atom is 0.0629 e. The highest BCUT2D eigenvalue weighted by Gasteiger charge is 2.13. The molecule has 0 amide bonds. The Kier molecular flexibility index (Phi) is 3.59. The molecule has 1 aromatic carbocycles. The average Bonchev–Trinajstić information content (AvgIpc) is 2.58. The van der Waals surface area contributed by atoms with E-state index in [-0.39, 0.29) is 6.10 Å². The summed E-state index contributed by atoms with van der Waals surface area (Å²) < 4.78 is 3.37. The van der Waals surface area contributed by atoms with E-state index in [4.69, 9.17) is 0 Å². The van der Waals surface area contributed by atoms with E-state index in [9.17, 15) is 5.11 Å².